The molecule has 2 aromatic carbocycles. The standard InChI is InChI=1S/C18H17F3N2O3S/c19-18(20,21)13-6-5-7-14(12-13)27(25,26)22-16-9-2-1-8-15(16)17(24)23-10-3-4-11-23/h1-2,5-9,12,22H,3-4,10-11H2. The maximum absolute atomic E-state index is 12.9. The molecule has 0 bridgehead atoms. The van der Waals surface area contributed by atoms with E-state index in [1.54, 1.807) is 17.0 Å². The van der Waals surface area contributed by atoms with Crippen LogP contribution in [0.15, 0.2) is 53.4 Å². The van der Waals surface area contributed by atoms with Crippen LogP contribution in [0.1, 0.15) is 28.8 Å². The van der Waals surface area contributed by atoms with E-state index < -0.39 is 26.7 Å². The average molecular weight is 398 g/mol. The number of benzene rings is 2. The molecule has 0 aliphatic carbocycles. The Morgan fingerprint density at radius 2 is 1.67 bits per heavy atom. The lowest BCUT2D eigenvalue weighted by atomic mass is 10.1. The molecule has 1 aliphatic heterocycles. The number of carbonyl (C=O) groups excluding carboxylic acids is 1. The highest BCUT2D eigenvalue weighted by molar-refractivity contribution is 7.92. The first-order valence-corrected chi connectivity index (χ1v) is 9.75. The van der Waals surface area contributed by atoms with Gasteiger partial charge in [0.1, 0.15) is 0 Å². The van der Waals surface area contributed by atoms with Crippen LogP contribution in [0.2, 0.25) is 0 Å². The Labute approximate surface area is 154 Å². The van der Waals surface area contributed by atoms with Crippen molar-refractivity contribution in [3.05, 3.63) is 59.7 Å². The number of sulfonamides is 1. The highest BCUT2D eigenvalue weighted by Gasteiger charge is 2.32. The van der Waals surface area contributed by atoms with Gasteiger partial charge in [0.25, 0.3) is 15.9 Å². The van der Waals surface area contributed by atoms with Crippen LogP contribution >= 0.6 is 0 Å². The summed E-state index contributed by atoms with van der Waals surface area (Å²) in [5.41, 5.74) is -0.867. The fourth-order valence-electron chi connectivity index (χ4n) is 2.89. The summed E-state index contributed by atoms with van der Waals surface area (Å²) in [5.74, 6) is -0.310. The summed E-state index contributed by atoms with van der Waals surface area (Å²) in [6, 6.07) is 9.51. The van der Waals surface area contributed by atoms with Crippen molar-refractivity contribution in [2.45, 2.75) is 23.9 Å². The number of rotatable bonds is 4. The Bertz CT molecular complexity index is 952. The summed E-state index contributed by atoms with van der Waals surface area (Å²) in [6.45, 7) is 1.18. The minimum absolute atomic E-state index is 0.0341. The molecular weight excluding hydrogens is 381 g/mol. The number of halogens is 3. The van der Waals surface area contributed by atoms with Gasteiger partial charge in [0.15, 0.2) is 0 Å². The number of nitrogens with zero attached hydrogens (tertiary/aromatic N) is 1. The van der Waals surface area contributed by atoms with Gasteiger partial charge in [-0.15, -0.1) is 0 Å². The number of carbonyl (C=O) groups is 1. The van der Waals surface area contributed by atoms with Crippen LogP contribution in [0.25, 0.3) is 0 Å². The van der Waals surface area contributed by atoms with Crippen molar-refractivity contribution >= 4 is 21.6 Å². The number of likely N-dealkylation sites (tertiary alicyclic amines) is 1. The van der Waals surface area contributed by atoms with Crippen LogP contribution in [0, 0.1) is 0 Å². The Hall–Kier alpha value is -2.55. The van der Waals surface area contributed by atoms with Gasteiger partial charge in [0.05, 0.1) is 21.7 Å². The predicted molar refractivity (Wildman–Crippen MR) is 93.8 cm³/mol. The van der Waals surface area contributed by atoms with Crippen molar-refractivity contribution in [2.75, 3.05) is 17.8 Å². The number of amides is 1. The Morgan fingerprint density at radius 1 is 1.00 bits per heavy atom. The largest absolute Gasteiger partial charge is 0.416 e. The quantitative estimate of drug-likeness (QED) is 0.853. The molecular formula is C18H17F3N2O3S. The fourth-order valence-corrected chi connectivity index (χ4v) is 4.02. The SMILES string of the molecule is O=C(c1ccccc1NS(=O)(=O)c1cccc(C(F)(F)F)c1)N1CCCC1. The fraction of sp³-hybridized carbons (Fsp3) is 0.278. The first-order valence-electron chi connectivity index (χ1n) is 8.27. The van der Waals surface area contributed by atoms with Gasteiger partial charge in [-0.05, 0) is 43.2 Å². The molecule has 1 amide bonds. The molecule has 1 aliphatic rings. The van der Waals surface area contributed by atoms with E-state index in [0.29, 0.717) is 19.2 Å². The van der Waals surface area contributed by atoms with E-state index in [1.165, 1.54) is 12.1 Å². The number of alkyl halides is 3. The van der Waals surface area contributed by atoms with Crippen molar-refractivity contribution in [1.29, 1.82) is 0 Å². The van der Waals surface area contributed by atoms with E-state index in [4.69, 9.17) is 0 Å². The third kappa shape index (κ3) is 4.24. The minimum Gasteiger partial charge on any atom is -0.339 e. The van der Waals surface area contributed by atoms with Crippen LogP contribution in [0.4, 0.5) is 18.9 Å². The van der Waals surface area contributed by atoms with Gasteiger partial charge in [0.2, 0.25) is 0 Å². The van der Waals surface area contributed by atoms with E-state index in [9.17, 15) is 26.4 Å². The van der Waals surface area contributed by atoms with E-state index in [2.05, 4.69) is 4.72 Å². The summed E-state index contributed by atoms with van der Waals surface area (Å²) >= 11 is 0. The van der Waals surface area contributed by atoms with Gasteiger partial charge in [-0.25, -0.2) is 8.42 Å². The number of anilines is 1. The summed E-state index contributed by atoms with van der Waals surface area (Å²) in [7, 11) is -4.30. The minimum atomic E-state index is -4.66. The Morgan fingerprint density at radius 3 is 2.33 bits per heavy atom. The maximum atomic E-state index is 12.9. The lowest BCUT2D eigenvalue weighted by Gasteiger charge is -2.18. The first-order chi connectivity index (χ1) is 12.7. The molecule has 0 radical (unpaired) electrons. The molecule has 27 heavy (non-hydrogen) atoms. The zero-order valence-corrected chi connectivity index (χ0v) is 15.0. The van der Waals surface area contributed by atoms with Gasteiger partial charge in [-0.1, -0.05) is 18.2 Å². The van der Waals surface area contributed by atoms with Crippen LogP contribution in [-0.4, -0.2) is 32.3 Å². The van der Waals surface area contributed by atoms with Crippen molar-refractivity contribution < 1.29 is 26.4 Å². The molecule has 1 heterocycles. The van der Waals surface area contributed by atoms with Gasteiger partial charge < -0.3 is 4.90 Å². The molecule has 3 rings (SSSR count). The molecule has 144 valence electrons. The highest BCUT2D eigenvalue weighted by atomic mass is 32.2. The molecule has 0 saturated carbocycles. The molecule has 9 heteroatoms. The molecule has 1 fully saturated rings. The summed E-state index contributed by atoms with van der Waals surface area (Å²) in [4.78, 5) is 13.7. The van der Waals surface area contributed by atoms with E-state index in [1.807, 2.05) is 0 Å². The van der Waals surface area contributed by atoms with Crippen LogP contribution < -0.4 is 4.72 Å². The molecule has 0 spiro atoms. The number of nitrogens with one attached hydrogen (secondary N) is 1. The second kappa shape index (κ2) is 7.22. The van der Waals surface area contributed by atoms with E-state index in [0.717, 1.165) is 31.0 Å². The topological polar surface area (TPSA) is 66.5 Å². The van der Waals surface area contributed by atoms with Crippen LogP contribution in [-0.2, 0) is 16.2 Å². The molecule has 1 N–H and O–H groups in total. The smallest absolute Gasteiger partial charge is 0.339 e. The van der Waals surface area contributed by atoms with Gasteiger partial charge in [-0.3, -0.25) is 9.52 Å². The molecule has 5 nitrogen and oxygen atoms in total. The molecule has 2 aromatic rings. The third-order valence-electron chi connectivity index (χ3n) is 4.27. The second-order valence-electron chi connectivity index (χ2n) is 6.18. The van der Waals surface area contributed by atoms with Crippen molar-refractivity contribution in [1.82, 2.24) is 4.90 Å². The molecule has 0 unspecified atom stereocenters. The van der Waals surface area contributed by atoms with Crippen molar-refractivity contribution in [2.24, 2.45) is 0 Å². The zero-order valence-electron chi connectivity index (χ0n) is 14.2. The number of para-hydroxylation sites is 1. The first kappa shape index (κ1) is 19.2. The number of hydrogen-bond acceptors (Lipinski definition) is 3. The van der Waals surface area contributed by atoms with Gasteiger partial charge in [0, 0.05) is 13.1 Å². The second-order valence-corrected chi connectivity index (χ2v) is 7.86. The summed E-state index contributed by atoms with van der Waals surface area (Å²) < 4.78 is 66.0. The molecule has 1 saturated heterocycles. The lowest BCUT2D eigenvalue weighted by molar-refractivity contribution is -0.137. The summed E-state index contributed by atoms with van der Waals surface area (Å²) in [6.07, 6.45) is -2.90. The normalized spacial score (nSPS) is 15.0. The molecule has 0 aromatic heterocycles. The van der Waals surface area contributed by atoms with Crippen LogP contribution in [0.5, 0.6) is 0 Å². The van der Waals surface area contributed by atoms with E-state index >= 15 is 0 Å². The predicted octanol–water partition coefficient (Wildman–Crippen LogP) is 3.74. The highest BCUT2D eigenvalue weighted by Crippen LogP contribution is 2.31. The Balaban J connectivity index is 1.92. The maximum Gasteiger partial charge on any atom is 0.416 e. The van der Waals surface area contributed by atoms with Crippen molar-refractivity contribution in [3.8, 4) is 0 Å². The third-order valence-corrected chi connectivity index (χ3v) is 5.63. The van der Waals surface area contributed by atoms with Gasteiger partial charge in [-0.2, -0.15) is 13.2 Å². The number of hydrogen-bond donors (Lipinski definition) is 1. The lowest BCUT2D eigenvalue weighted by Crippen LogP contribution is -2.28. The Kier molecular flexibility index (Phi) is 5.14. The zero-order chi connectivity index (χ0) is 19.7. The van der Waals surface area contributed by atoms with Crippen LogP contribution in [0.3, 0.4) is 0 Å². The van der Waals surface area contributed by atoms with E-state index in [-0.39, 0.29) is 17.2 Å². The van der Waals surface area contributed by atoms with Gasteiger partial charge >= 0.3 is 6.18 Å². The van der Waals surface area contributed by atoms with Crippen molar-refractivity contribution in [3.63, 3.8) is 0 Å². The average Bonchev–Trinajstić information content (AvgIpc) is 3.15. The molecule has 0 atom stereocenters. The monoisotopic (exact) mass is 398 g/mol. The summed E-state index contributed by atoms with van der Waals surface area (Å²) in [5, 5.41) is 0.